The SMILES string of the molecule is CCOC(=O)c1c(C)n(S(=O)(=O)N(C)C)c2ccc(NS(=O)(=O)N(C)C)cc12. The van der Waals surface area contributed by atoms with Crippen molar-refractivity contribution in [1.82, 2.24) is 12.6 Å². The highest BCUT2D eigenvalue weighted by molar-refractivity contribution is 7.90. The van der Waals surface area contributed by atoms with Crippen molar-refractivity contribution in [3.8, 4) is 0 Å². The summed E-state index contributed by atoms with van der Waals surface area (Å²) in [5.74, 6) is -0.690. The van der Waals surface area contributed by atoms with Crippen LogP contribution in [0.2, 0.25) is 0 Å². The van der Waals surface area contributed by atoms with E-state index in [1.54, 1.807) is 6.92 Å². The third-order valence-electron chi connectivity index (χ3n) is 4.05. The summed E-state index contributed by atoms with van der Waals surface area (Å²) in [6.07, 6.45) is 0. The van der Waals surface area contributed by atoms with Gasteiger partial charge in [0.1, 0.15) is 0 Å². The second kappa shape index (κ2) is 7.70. The number of anilines is 1. The van der Waals surface area contributed by atoms with Crippen molar-refractivity contribution in [2.75, 3.05) is 39.5 Å². The molecule has 0 fully saturated rings. The second-order valence-corrected chi connectivity index (χ2v) is 10.2. The number of carbonyl (C=O) groups excluding carboxylic acids is 1. The van der Waals surface area contributed by atoms with Crippen LogP contribution in [0.4, 0.5) is 5.69 Å². The molecular formula is C16H24N4O6S2. The van der Waals surface area contributed by atoms with Crippen LogP contribution in [0.15, 0.2) is 18.2 Å². The van der Waals surface area contributed by atoms with Gasteiger partial charge in [0.05, 0.1) is 23.4 Å². The Labute approximate surface area is 165 Å². The second-order valence-electron chi connectivity index (χ2n) is 6.36. The van der Waals surface area contributed by atoms with Crippen LogP contribution in [-0.4, -0.2) is 70.2 Å². The quantitative estimate of drug-likeness (QED) is 0.652. The molecule has 1 aromatic heterocycles. The van der Waals surface area contributed by atoms with Gasteiger partial charge in [-0.2, -0.15) is 25.4 Å². The molecule has 0 amide bonds. The van der Waals surface area contributed by atoms with Gasteiger partial charge in [-0.1, -0.05) is 0 Å². The lowest BCUT2D eigenvalue weighted by Crippen LogP contribution is -2.29. The molecular weight excluding hydrogens is 408 g/mol. The summed E-state index contributed by atoms with van der Waals surface area (Å²) in [7, 11) is -2.20. The molecule has 0 saturated heterocycles. The van der Waals surface area contributed by atoms with Gasteiger partial charge in [0, 0.05) is 39.3 Å². The molecule has 2 aromatic rings. The zero-order valence-electron chi connectivity index (χ0n) is 16.5. The van der Waals surface area contributed by atoms with Gasteiger partial charge in [-0.05, 0) is 32.0 Å². The number of benzene rings is 1. The topological polar surface area (TPSA) is 118 Å². The van der Waals surface area contributed by atoms with E-state index in [0.717, 1.165) is 12.6 Å². The van der Waals surface area contributed by atoms with E-state index >= 15 is 0 Å². The molecule has 1 heterocycles. The number of carbonyl (C=O) groups is 1. The van der Waals surface area contributed by atoms with Crippen LogP contribution in [-0.2, 0) is 25.2 Å². The van der Waals surface area contributed by atoms with Crippen molar-refractivity contribution in [1.29, 1.82) is 0 Å². The summed E-state index contributed by atoms with van der Waals surface area (Å²) >= 11 is 0. The zero-order valence-corrected chi connectivity index (χ0v) is 18.2. The molecule has 0 aliphatic carbocycles. The summed E-state index contributed by atoms with van der Waals surface area (Å²) in [6, 6.07) is 4.29. The maximum atomic E-state index is 12.8. The van der Waals surface area contributed by atoms with Crippen LogP contribution in [0.1, 0.15) is 23.0 Å². The fraction of sp³-hybridized carbons (Fsp3) is 0.438. The van der Waals surface area contributed by atoms with Crippen molar-refractivity contribution >= 4 is 43.0 Å². The summed E-state index contributed by atoms with van der Waals surface area (Å²) in [4.78, 5) is 12.5. The maximum absolute atomic E-state index is 12.8. The molecule has 0 bridgehead atoms. The Hall–Kier alpha value is -2.15. The first kappa shape index (κ1) is 22.1. The van der Waals surface area contributed by atoms with Gasteiger partial charge in [0.25, 0.3) is 0 Å². The number of esters is 1. The van der Waals surface area contributed by atoms with E-state index in [-0.39, 0.29) is 34.5 Å². The Morgan fingerprint density at radius 2 is 1.71 bits per heavy atom. The highest BCUT2D eigenvalue weighted by atomic mass is 32.2. The van der Waals surface area contributed by atoms with Gasteiger partial charge in [-0.25, -0.2) is 8.77 Å². The van der Waals surface area contributed by atoms with E-state index in [4.69, 9.17) is 4.74 Å². The Kier molecular flexibility index (Phi) is 6.09. The minimum Gasteiger partial charge on any atom is -0.462 e. The number of nitrogens with zero attached hydrogens (tertiary/aromatic N) is 3. The first-order valence-corrected chi connectivity index (χ1v) is 11.1. The molecule has 2 rings (SSSR count). The normalized spacial score (nSPS) is 12.7. The third kappa shape index (κ3) is 3.85. The summed E-state index contributed by atoms with van der Waals surface area (Å²) < 4.78 is 60.3. The fourth-order valence-corrected chi connectivity index (χ4v) is 4.39. The van der Waals surface area contributed by atoms with Gasteiger partial charge >= 0.3 is 26.4 Å². The smallest absolute Gasteiger partial charge is 0.340 e. The molecule has 12 heteroatoms. The van der Waals surface area contributed by atoms with E-state index < -0.39 is 26.4 Å². The standard InChI is InChI=1S/C16H24N4O6S2/c1-7-26-16(21)15-11(2)20(28(24,25)19(5)6)14-9-8-12(10-13(14)15)17-27(22,23)18(3)4/h8-10,17H,7H2,1-6H3. The van der Waals surface area contributed by atoms with Crippen LogP contribution in [0.3, 0.4) is 0 Å². The minimum atomic E-state index is -3.93. The van der Waals surface area contributed by atoms with Gasteiger partial charge < -0.3 is 4.74 Å². The predicted molar refractivity (Wildman–Crippen MR) is 107 cm³/mol. The number of rotatable bonds is 7. The molecule has 1 aromatic carbocycles. The monoisotopic (exact) mass is 432 g/mol. The number of fused-ring (bicyclic) bond motifs is 1. The number of aromatic nitrogens is 1. The average molecular weight is 433 g/mol. The fourth-order valence-electron chi connectivity index (χ4n) is 2.62. The van der Waals surface area contributed by atoms with Crippen LogP contribution in [0, 0.1) is 6.92 Å². The molecule has 0 aliphatic heterocycles. The maximum Gasteiger partial charge on any atom is 0.340 e. The van der Waals surface area contributed by atoms with Crippen molar-refractivity contribution in [3.63, 3.8) is 0 Å². The Morgan fingerprint density at radius 3 is 2.21 bits per heavy atom. The van der Waals surface area contributed by atoms with Gasteiger partial charge in [0.15, 0.2) is 0 Å². The van der Waals surface area contributed by atoms with E-state index in [0.29, 0.717) is 0 Å². The van der Waals surface area contributed by atoms with E-state index in [1.165, 1.54) is 53.3 Å². The minimum absolute atomic E-state index is 0.0631. The number of hydrogen-bond acceptors (Lipinski definition) is 6. The lowest BCUT2D eigenvalue weighted by Gasteiger charge is -2.16. The van der Waals surface area contributed by atoms with Crippen LogP contribution in [0.25, 0.3) is 10.9 Å². The molecule has 0 atom stereocenters. The number of ether oxygens (including phenoxy) is 1. The van der Waals surface area contributed by atoms with Crippen molar-refractivity contribution in [2.24, 2.45) is 0 Å². The van der Waals surface area contributed by atoms with Gasteiger partial charge in [0.2, 0.25) is 0 Å². The first-order valence-electron chi connectivity index (χ1n) is 8.30. The molecule has 0 saturated carbocycles. The Balaban J connectivity index is 2.82. The first-order chi connectivity index (χ1) is 12.8. The Morgan fingerprint density at radius 1 is 1.11 bits per heavy atom. The van der Waals surface area contributed by atoms with Crippen LogP contribution >= 0.6 is 0 Å². The number of nitrogens with one attached hydrogen (secondary N) is 1. The van der Waals surface area contributed by atoms with E-state index in [2.05, 4.69) is 4.72 Å². The molecule has 0 unspecified atom stereocenters. The molecule has 1 N–H and O–H groups in total. The van der Waals surface area contributed by atoms with E-state index in [1.807, 2.05) is 0 Å². The molecule has 156 valence electrons. The molecule has 10 nitrogen and oxygen atoms in total. The van der Waals surface area contributed by atoms with Crippen LogP contribution < -0.4 is 4.72 Å². The van der Waals surface area contributed by atoms with Gasteiger partial charge in [-0.3, -0.25) is 4.72 Å². The highest BCUT2D eigenvalue weighted by Gasteiger charge is 2.29. The van der Waals surface area contributed by atoms with Crippen molar-refractivity contribution in [3.05, 3.63) is 29.5 Å². The Bertz CT molecular complexity index is 1120. The zero-order chi connectivity index (χ0) is 21.4. The number of hydrogen-bond donors (Lipinski definition) is 1. The molecule has 0 spiro atoms. The summed E-state index contributed by atoms with van der Waals surface area (Å²) in [5, 5.41) is 0.264. The molecule has 28 heavy (non-hydrogen) atoms. The molecule has 0 aliphatic rings. The van der Waals surface area contributed by atoms with Crippen molar-refractivity contribution < 1.29 is 26.4 Å². The lowest BCUT2D eigenvalue weighted by molar-refractivity contribution is 0.0528. The van der Waals surface area contributed by atoms with E-state index in [9.17, 15) is 21.6 Å². The average Bonchev–Trinajstić information content (AvgIpc) is 2.86. The van der Waals surface area contributed by atoms with Crippen molar-refractivity contribution in [2.45, 2.75) is 13.8 Å². The van der Waals surface area contributed by atoms with Crippen LogP contribution in [0.5, 0.6) is 0 Å². The molecule has 0 radical (unpaired) electrons. The highest BCUT2D eigenvalue weighted by Crippen LogP contribution is 2.31. The summed E-state index contributed by atoms with van der Waals surface area (Å²) in [6.45, 7) is 3.24. The lowest BCUT2D eigenvalue weighted by atomic mass is 10.1. The third-order valence-corrected chi connectivity index (χ3v) is 7.36. The predicted octanol–water partition coefficient (Wildman–Crippen LogP) is 0.999. The largest absolute Gasteiger partial charge is 0.462 e. The summed E-state index contributed by atoms with van der Waals surface area (Å²) in [5.41, 5.74) is 0.663. The van der Waals surface area contributed by atoms with Gasteiger partial charge in [-0.15, -0.1) is 0 Å².